The Hall–Kier alpha value is -3.59. The van der Waals surface area contributed by atoms with Gasteiger partial charge in [-0.15, -0.1) is 0 Å². The first kappa shape index (κ1) is 16.3. The number of fused-ring (bicyclic) bond motifs is 1. The lowest BCUT2D eigenvalue weighted by molar-refractivity contribution is 0.394. The number of nitrogens with two attached hydrogens (primary N) is 1. The molecular weight excluding hydrogens is 316 g/mol. The summed E-state index contributed by atoms with van der Waals surface area (Å²) in [6.07, 6.45) is 1.68. The maximum Gasteiger partial charge on any atom is 0.172 e. The summed E-state index contributed by atoms with van der Waals surface area (Å²) < 4.78 is 10.5. The molecule has 3 rings (SSSR count). The van der Waals surface area contributed by atoms with Crippen LogP contribution in [0.2, 0.25) is 0 Å². The molecule has 3 aromatic rings. The normalized spacial score (nSPS) is 11.2. The van der Waals surface area contributed by atoms with Gasteiger partial charge < -0.3 is 15.2 Å². The number of nitrogen functional groups attached to an aromatic ring is 1. The number of nitrogens with zero attached hydrogens (tertiary/aromatic N) is 3. The highest BCUT2D eigenvalue weighted by molar-refractivity contribution is 5.93. The SMILES string of the molecule is COc1cc(/C=C(\C#N)c2nc(N)c3ccccc3n2)cc(OC)c1. The van der Waals surface area contributed by atoms with Crippen molar-refractivity contribution in [2.75, 3.05) is 20.0 Å². The third kappa shape index (κ3) is 3.35. The Morgan fingerprint density at radius 2 is 1.76 bits per heavy atom. The van der Waals surface area contributed by atoms with Gasteiger partial charge in [0.25, 0.3) is 0 Å². The molecule has 0 atom stereocenters. The Kier molecular flexibility index (Phi) is 4.48. The monoisotopic (exact) mass is 332 g/mol. The lowest BCUT2D eigenvalue weighted by Gasteiger charge is -2.07. The first-order valence-electron chi connectivity index (χ1n) is 7.52. The number of ether oxygens (including phenoxy) is 2. The number of allylic oxidation sites excluding steroid dienone is 1. The van der Waals surface area contributed by atoms with Gasteiger partial charge in [0.2, 0.25) is 0 Å². The van der Waals surface area contributed by atoms with E-state index < -0.39 is 0 Å². The molecular formula is C19H16N4O2. The van der Waals surface area contributed by atoms with E-state index in [1.165, 1.54) is 0 Å². The first-order chi connectivity index (χ1) is 12.1. The van der Waals surface area contributed by atoms with Crippen molar-refractivity contribution in [2.24, 2.45) is 0 Å². The van der Waals surface area contributed by atoms with Gasteiger partial charge >= 0.3 is 0 Å². The second-order valence-electron chi connectivity index (χ2n) is 5.27. The third-order valence-electron chi connectivity index (χ3n) is 3.68. The Balaban J connectivity index is 2.12. The van der Waals surface area contributed by atoms with Crippen LogP contribution in [0.3, 0.4) is 0 Å². The van der Waals surface area contributed by atoms with Crippen molar-refractivity contribution < 1.29 is 9.47 Å². The molecule has 0 aliphatic carbocycles. The molecule has 0 saturated carbocycles. The van der Waals surface area contributed by atoms with Crippen LogP contribution in [0, 0.1) is 11.3 Å². The maximum atomic E-state index is 9.56. The lowest BCUT2D eigenvalue weighted by Crippen LogP contribution is -2.00. The fraction of sp³-hybridized carbons (Fsp3) is 0.105. The highest BCUT2D eigenvalue weighted by Crippen LogP contribution is 2.26. The number of benzene rings is 2. The highest BCUT2D eigenvalue weighted by Gasteiger charge is 2.10. The minimum atomic E-state index is 0.278. The van der Waals surface area contributed by atoms with Gasteiger partial charge in [-0.25, -0.2) is 9.97 Å². The minimum absolute atomic E-state index is 0.278. The Labute approximate surface area is 145 Å². The summed E-state index contributed by atoms with van der Waals surface area (Å²) in [5.74, 6) is 1.87. The molecule has 25 heavy (non-hydrogen) atoms. The molecule has 0 fully saturated rings. The molecule has 1 heterocycles. The molecule has 0 radical (unpaired) electrons. The Morgan fingerprint density at radius 1 is 1.08 bits per heavy atom. The zero-order valence-corrected chi connectivity index (χ0v) is 13.9. The number of hydrogen-bond acceptors (Lipinski definition) is 6. The van der Waals surface area contributed by atoms with Crippen LogP contribution in [0.25, 0.3) is 22.6 Å². The molecule has 0 aliphatic rings. The van der Waals surface area contributed by atoms with Crippen molar-refractivity contribution in [1.82, 2.24) is 9.97 Å². The van der Waals surface area contributed by atoms with Crippen LogP contribution in [0.5, 0.6) is 11.5 Å². The van der Waals surface area contributed by atoms with E-state index in [2.05, 4.69) is 16.0 Å². The number of methoxy groups -OCH3 is 2. The first-order valence-corrected chi connectivity index (χ1v) is 7.52. The van der Waals surface area contributed by atoms with Gasteiger partial charge in [-0.1, -0.05) is 12.1 Å². The third-order valence-corrected chi connectivity index (χ3v) is 3.68. The van der Waals surface area contributed by atoms with Gasteiger partial charge in [0, 0.05) is 11.5 Å². The van der Waals surface area contributed by atoms with E-state index in [1.54, 1.807) is 38.5 Å². The standard InChI is InChI=1S/C19H16N4O2/c1-24-14-8-12(9-15(10-14)25-2)7-13(11-20)19-22-17-6-4-3-5-16(17)18(21)23-19/h3-10H,1-2H3,(H2,21,22,23)/b13-7+. The molecule has 6 heteroatoms. The summed E-state index contributed by atoms with van der Waals surface area (Å²) >= 11 is 0. The molecule has 2 aromatic carbocycles. The zero-order valence-electron chi connectivity index (χ0n) is 13.9. The van der Waals surface area contributed by atoms with Gasteiger partial charge in [-0.05, 0) is 35.9 Å². The summed E-state index contributed by atoms with van der Waals surface area (Å²) in [5, 5.41) is 10.3. The van der Waals surface area contributed by atoms with Gasteiger partial charge in [-0.2, -0.15) is 5.26 Å². The molecule has 0 saturated heterocycles. The van der Waals surface area contributed by atoms with E-state index in [4.69, 9.17) is 15.2 Å². The molecule has 1 aromatic heterocycles. The fourth-order valence-electron chi connectivity index (χ4n) is 2.45. The molecule has 0 aliphatic heterocycles. The molecule has 0 spiro atoms. The molecule has 6 nitrogen and oxygen atoms in total. The van der Waals surface area contributed by atoms with Crippen molar-refractivity contribution >= 4 is 28.4 Å². The summed E-state index contributed by atoms with van der Waals surface area (Å²) in [4.78, 5) is 8.71. The zero-order chi connectivity index (χ0) is 17.8. The number of rotatable bonds is 4. The van der Waals surface area contributed by atoms with E-state index in [0.29, 0.717) is 28.4 Å². The number of aromatic nitrogens is 2. The van der Waals surface area contributed by atoms with Crippen LogP contribution in [-0.4, -0.2) is 24.2 Å². The van der Waals surface area contributed by atoms with E-state index in [-0.39, 0.29) is 5.82 Å². The number of anilines is 1. The molecule has 0 unspecified atom stereocenters. The van der Waals surface area contributed by atoms with Gasteiger partial charge in [0.1, 0.15) is 23.4 Å². The Morgan fingerprint density at radius 3 is 2.40 bits per heavy atom. The smallest absolute Gasteiger partial charge is 0.172 e. The van der Waals surface area contributed by atoms with E-state index in [0.717, 1.165) is 10.9 Å². The van der Waals surface area contributed by atoms with Crippen LogP contribution in [0.15, 0.2) is 42.5 Å². The number of para-hydroxylation sites is 1. The minimum Gasteiger partial charge on any atom is -0.497 e. The topological polar surface area (TPSA) is 94.0 Å². The molecule has 124 valence electrons. The summed E-state index contributed by atoms with van der Waals surface area (Å²) in [5.41, 5.74) is 7.73. The van der Waals surface area contributed by atoms with Crippen LogP contribution >= 0.6 is 0 Å². The van der Waals surface area contributed by atoms with E-state index in [9.17, 15) is 5.26 Å². The summed E-state index contributed by atoms with van der Waals surface area (Å²) in [6.45, 7) is 0. The largest absolute Gasteiger partial charge is 0.497 e. The van der Waals surface area contributed by atoms with Crippen LogP contribution in [0.1, 0.15) is 11.4 Å². The van der Waals surface area contributed by atoms with E-state index in [1.807, 2.05) is 24.3 Å². The molecule has 0 bridgehead atoms. The van der Waals surface area contributed by atoms with Gasteiger partial charge in [-0.3, -0.25) is 0 Å². The maximum absolute atomic E-state index is 9.56. The van der Waals surface area contributed by atoms with Crippen molar-refractivity contribution in [1.29, 1.82) is 5.26 Å². The predicted octanol–water partition coefficient (Wildman–Crippen LogP) is 3.29. The lowest BCUT2D eigenvalue weighted by atomic mass is 10.1. The number of hydrogen-bond donors (Lipinski definition) is 1. The Bertz CT molecular complexity index is 984. The van der Waals surface area contributed by atoms with Crippen molar-refractivity contribution in [3.8, 4) is 17.6 Å². The predicted molar refractivity (Wildman–Crippen MR) is 97.0 cm³/mol. The average molecular weight is 332 g/mol. The number of nitriles is 1. The van der Waals surface area contributed by atoms with E-state index >= 15 is 0 Å². The van der Waals surface area contributed by atoms with Crippen molar-refractivity contribution in [3.05, 3.63) is 53.9 Å². The second-order valence-corrected chi connectivity index (χ2v) is 5.27. The fourth-order valence-corrected chi connectivity index (χ4v) is 2.45. The highest BCUT2D eigenvalue weighted by atomic mass is 16.5. The second kappa shape index (κ2) is 6.89. The summed E-state index contributed by atoms with van der Waals surface area (Å²) in [6, 6.07) is 14.9. The molecule has 0 amide bonds. The van der Waals surface area contributed by atoms with Crippen LogP contribution < -0.4 is 15.2 Å². The van der Waals surface area contributed by atoms with Crippen molar-refractivity contribution in [2.45, 2.75) is 0 Å². The summed E-state index contributed by atoms with van der Waals surface area (Å²) in [7, 11) is 3.14. The van der Waals surface area contributed by atoms with Gasteiger partial charge in [0.05, 0.1) is 25.3 Å². The molecule has 2 N–H and O–H groups in total. The van der Waals surface area contributed by atoms with Crippen molar-refractivity contribution in [3.63, 3.8) is 0 Å². The van der Waals surface area contributed by atoms with Crippen LogP contribution in [0.4, 0.5) is 5.82 Å². The van der Waals surface area contributed by atoms with Gasteiger partial charge in [0.15, 0.2) is 5.82 Å². The average Bonchev–Trinajstić information content (AvgIpc) is 2.65. The van der Waals surface area contributed by atoms with Crippen LogP contribution in [-0.2, 0) is 0 Å². The quantitative estimate of drug-likeness (QED) is 0.737.